The molecule has 0 aliphatic carbocycles. The standard InChI is InChI=1S/C20H19NOS/c1-2-8-22-19-11-14-5-3-4-6-17(14)18-10-16(12-21-20(18)19)15-7-9-23-13-15/h3-7,9-11,13,21H,2,8,12H2,1H3. The number of benzene rings is 2. The van der Waals surface area contributed by atoms with Gasteiger partial charge in [0.2, 0.25) is 0 Å². The molecule has 1 aromatic heterocycles. The highest BCUT2D eigenvalue weighted by molar-refractivity contribution is 7.08. The number of rotatable bonds is 4. The Bertz CT molecular complexity index is 865. The van der Waals surface area contributed by atoms with E-state index in [9.17, 15) is 0 Å². The van der Waals surface area contributed by atoms with E-state index in [1.807, 2.05) is 0 Å². The number of hydrogen-bond acceptors (Lipinski definition) is 3. The summed E-state index contributed by atoms with van der Waals surface area (Å²) in [7, 11) is 0. The van der Waals surface area contributed by atoms with E-state index >= 15 is 0 Å². The van der Waals surface area contributed by atoms with E-state index in [0.29, 0.717) is 0 Å². The summed E-state index contributed by atoms with van der Waals surface area (Å²) in [6.45, 7) is 3.72. The van der Waals surface area contributed by atoms with Crippen molar-refractivity contribution in [2.45, 2.75) is 13.3 Å². The minimum Gasteiger partial charge on any atom is -0.491 e. The lowest BCUT2D eigenvalue weighted by Gasteiger charge is -2.23. The summed E-state index contributed by atoms with van der Waals surface area (Å²) in [5.41, 5.74) is 4.99. The van der Waals surface area contributed by atoms with Gasteiger partial charge >= 0.3 is 0 Å². The lowest BCUT2D eigenvalue weighted by molar-refractivity contribution is 0.319. The van der Waals surface area contributed by atoms with E-state index in [1.54, 1.807) is 11.3 Å². The number of nitrogens with one attached hydrogen (secondary N) is 1. The Morgan fingerprint density at radius 1 is 1.22 bits per heavy atom. The molecule has 1 N–H and O–H groups in total. The maximum Gasteiger partial charge on any atom is 0.143 e. The molecule has 3 aromatic rings. The smallest absolute Gasteiger partial charge is 0.143 e. The summed E-state index contributed by atoms with van der Waals surface area (Å²) in [6, 6.07) is 12.9. The minimum absolute atomic E-state index is 0.744. The molecule has 23 heavy (non-hydrogen) atoms. The fourth-order valence-electron chi connectivity index (χ4n) is 3.05. The maximum absolute atomic E-state index is 6.00. The zero-order valence-corrected chi connectivity index (χ0v) is 14.0. The average molecular weight is 321 g/mol. The van der Waals surface area contributed by atoms with Gasteiger partial charge in [0, 0.05) is 12.1 Å². The zero-order valence-electron chi connectivity index (χ0n) is 13.1. The molecular weight excluding hydrogens is 302 g/mol. The van der Waals surface area contributed by atoms with E-state index in [2.05, 4.69) is 65.5 Å². The molecule has 1 aliphatic rings. The van der Waals surface area contributed by atoms with Crippen molar-refractivity contribution in [1.29, 1.82) is 0 Å². The third-order valence-electron chi connectivity index (χ3n) is 4.18. The molecule has 0 radical (unpaired) electrons. The third kappa shape index (κ3) is 2.62. The second kappa shape index (κ2) is 6.09. The van der Waals surface area contributed by atoms with E-state index in [0.717, 1.165) is 31.0 Å². The number of fused-ring (bicyclic) bond motifs is 3. The summed E-state index contributed by atoms with van der Waals surface area (Å²) in [4.78, 5) is 0. The molecule has 0 bridgehead atoms. The first-order valence-corrected chi connectivity index (χ1v) is 8.96. The van der Waals surface area contributed by atoms with Crippen LogP contribution in [0.4, 0.5) is 5.69 Å². The Kier molecular flexibility index (Phi) is 3.80. The molecule has 3 heteroatoms. The summed E-state index contributed by atoms with van der Waals surface area (Å²) in [5.74, 6) is 0.959. The van der Waals surface area contributed by atoms with Gasteiger partial charge in [-0.2, -0.15) is 11.3 Å². The summed E-state index contributed by atoms with van der Waals surface area (Å²) in [5, 5.41) is 10.4. The summed E-state index contributed by atoms with van der Waals surface area (Å²) < 4.78 is 6.00. The Morgan fingerprint density at radius 3 is 2.96 bits per heavy atom. The Hall–Kier alpha value is -2.26. The fraction of sp³-hybridized carbons (Fsp3) is 0.200. The second-order valence-corrected chi connectivity index (χ2v) is 6.55. The van der Waals surface area contributed by atoms with Gasteiger partial charge in [-0.1, -0.05) is 31.2 Å². The average Bonchev–Trinajstić information content (AvgIpc) is 3.14. The number of thiophene rings is 1. The van der Waals surface area contributed by atoms with Crippen LogP contribution in [0.1, 0.15) is 24.5 Å². The molecule has 2 aromatic carbocycles. The van der Waals surface area contributed by atoms with Crippen molar-refractivity contribution in [2.24, 2.45) is 0 Å². The van der Waals surface area contributed by atoms with Gasteiger partial charge < -0.3 is 10.1 Å². The van der Waals surface area contributed by atoms with Crippen LogP contribution < -0.4 is 10.1 Å². The first-order valence-electron chi connectivity index (χ1n) is 8.02. The molecule has 4 rings (SSSR count). The molecule has 0 saturated heterocycles. The molecule has 0 amide bonds. The highest BCUT2D eigenvalue weighted by Crippen LogP contribution is 2.41. The number of hydrogen-bond donors (Lipinski definition) is 1. The van der Waals surface area contributed by atoms with Crippen LogP contribution in [-0.2, 0) is 0 Å². The van der Waals surface area contributed by atoms with Crippen molar-refractivity contribution in [3.8, 4) is 5.75 Å². The molecule has 0 spiro atoms. The van der Waals surface area contributed by atoms with Crippen LogP contribution >= 0.6 is 11.3 Å². The summed E-state index contributed by atoms with van der Waals surface area (Å²) in [6.07, 6.45) is 3.33. The summed E-state index contributed by atoms with van der Waals surface area (Å²) >= 11 is 1.74. The highest BCUT2D eigenvalue weighted by atomic mass is 32.1. The van der Waals surface area contributed by atoms with Crippen molar-refractivity contribution in [1.82, 2.24) is 0 Å². The third-order valence-corrected chi connectivity index (χ3v) is 4.86. The van der Waals surface area contributed by atoms with E-state index in [-0.39, 0.29) is 0 Å². The van der Waals surface area contributed by atoms with Crippen molar-refractivity contribution in [2.75, 3.05) is 18.5 Å². The van der Waals surface area contributed by atoms with E-state index in [4.69, 9.17) is 4.74 Å². The van der Waals surface area contributed by atoms with Crippen molar-refractivity contribution in [3.05, 3.63) is 58.3 Å². The molecule has 2 heterocycles. The Morgan fingerprint density at radius 2 is 2.13 bits per heavy atom. The zero-order chi connectivity index (χ0) is 15.6. The molecule has 0 fully saturated rings. The topological polar surface area (TPSA) is 21.3 Å². The molecule has 1 aliphatic heterocycles. The predicted molar refractivity (Wildman–Crippen MR) is 100 cm³/mol. The molecule has 0 atom stereocenters. The van der Waals surface area contributed by atoms with Gasteiger partial charge in [0.25, 0.3) is 0 Å². The van der Waals surface area contributed by atoms with Crippen LogP contribution in [0.5, 0.6) is 5.75 Å². The normalized spacial score (nSPS) is 13.3. The van der Waals surface area contributed by atoms with E-state index < -0.39 is 0 Å². The molecule has 116 valence electrons. The van der Waals surface area contributed by atoms with Gasteiger partial charge in [0.1, 0.15) is 5.75 Å². The molecule has 2 nitrogen and oxygen atoms in total. The van der Waals surface area contributed by atoms with Crippen molar-refractivity contribution in [3.63, 3.8) is 0 Å². The predicted octanol–water partition coefficient (Wildman–Crippen LogP) is 5.66. The van der Waals surface area contributed by atoms with Gasteiger partial charge in [0.05, 0.1) is 12.3 Å². The molecular formula is C20H19NOS. The van der Waals surface area contributed by atoms with Gasteiger partial charge in [-0.25, -0.2) is 0 Å². The van der Waals surface area contributed by atoms with Crippen LogP contribution in [0.15, 0.2) is 47.2 Å². The van der Waals surface area contributed by atoms with Crippen LogP contribution in [0.25, 0.3) is 22.4 Å². The SMILES string of the molecule is CCCOc1cc2ccccc2c2c1NCC(c1ccsc1)=C2. The van der Waals surface area contributed by atoms with Crippen LogP contribution in [0, 0.1) is 0 Å². The monoisotopic (exact) mass is 321 g/mol. The number of ether oxygens (including phenoxy) is 1. The highest BCUT2D eigenvalue weighted by Gasteiger charge is 2.18. The lowest BCUT2D eigenvalue weighted by atomic mass is 9.95. The fourth-order valence-corrected chi connectivity index (χ4v) is 3.73. The van der Waals surface area contributed by atoms with Gasteiger partial charge in [-0.05, 0) is 57.3 Å². The van der Waals surface area contributed by atoms with Crippen molar-refractivity contribution < 1.29 is 4.74 Å². The Labute approximate surface area is 140 Å². The first kappa shape index (κ1) is 14.3. The Balaban J connectivity index is 1.90. The van der Waals surface area contributed by atoms with Gasteiger partial charge in [0.15, 0.2) is 0 Å². The molecule has 0 unspecified atom stereocenters. The largest absolute Gasteiger partial charge is 0.491 e. The quantitative estimate of drug-likeness (QED) is 0.670. The van der Waals surface area contributed by atoms with Gasteiger partial charge in [-0.15, -0.1) is 0 Å². The van der Waals surface area contributed by atoms with Crippen molar-refractivity contribution >= 4 is 39.4 Å². The van der Waals surface area contributed by atoms with Crippen LogP contribution in [0.3, 0.4) is 0 Å². The van der Waals surface area contributed by atoms with Crippen LogP contribution in [0.2, 0.25) is 0 Å². The number of anilines is 1. The van der Waals surface area contributed by atoms with Gasteiger partial charge in [-0.3, -0.25) is 0 Å². The van der Waals surface area contributed by atoms with E-state index in [1.165, 1.54) is 27.5 Å². The minimum atomic E-state index is 0.744. The molecule has 0 saturated carbocycles. The van der Waals surface area contributed by atoms with Crippen LogP contribution in [-0.4, -0.2) is 13.2 Å². The maximum atomic E-state index is 6.00. The lowest BCUT2D eigenvalue weighted by Crippen LogP contribution is -2.12. The second-order valence-electron chi connectivity index (χ2n) is 5.77. The first-order chi connectivity index (χ1) is 11.4.